The van der Waals surface area contributed by atoms with Gasteiger partial charge in [0.1, 0.15) is 0 Å². The van der Waals surface area contributed by atoms with E-state index in [1.807, 2.05) is 0 Å². The Labute approximate surface area is 118 Å². The van der Waals surface area contributed by atoms with Crippen LogP contribution in [0.1, 0.15) is 25.7 Å². The molecule has 0 spiro atoms. The Bertz CT molecular complexity index is 225. The first-order chi connectivity index (χ1) is 7.57. The fourth-order valence-electron chi connectivity index (χ4n) is 2.76. The molecule has 2 rings (SSSR count). The van der Waals surface area contributed by atoms with Gasteiger partial charge < -0.3 is 10.2 Å². The second kappa shape index (κ2) is 7.78. The number of nitrogens with zero attached hydrogens (tertiary/aromatic N) is 1. The quantitative estimate of drug-likeness (QED) is 0.801. The maximum Gasteiger partial charge on any atom is 0.391 e. The third kappa shape index (κ3) is 4.76. The van der Waals surface area contributed by atoms with Crippen molar-refractivity contribution in [1.82, 2.24) is 10.2 Å². The zero-order valence-corrected chi connectivity index (χ0v) is 11.8. The van der Waals surface area contributed by atoms with Gasteiger partial charge in [0.15, 0.2) is 0 Å². The van der Waals surface area contributed by atoms with Crippen molar-refractivity contribution in [3.05, 3.63) is 0 Å². The molecule has 1 N–H and O–H groups in total. The zero-order chi connectivity index (χ0) is 11.6. The van der Waals surface area contributed by atoms with Crippen LogP contribution >= 0.6 is 24.8 Å². The average Bonchev–Trinajstić information content (AvgIpc) is 2.29. The largest absolute Gasteiger partial charge is 0.391 e. The number of hydrogen-bond acceptors (Lipinski definition) is 2. The van der Waals surface area contributed by atoms with E-state index < -0.39 is 12.1 Å². The van der Waals surface area contributed by atoms with Crippen LogP contribution in [0.4, 0.5) is 13.2 Å². The van der Waals surface area contributed by atoms with Crippen molar-refractivity contribution in [2.45, 2.75) is 37.9 Å². The summed E-state index contributed by atoms with van der Waals surface area (Å²) in [6.07, 6.45) is -1.26. The molecule has 0 saturated carbocycles. The molecular formula is C11H21Cl2F3N2. The normalized spacial score (nSPS) is 24.2. The van der Waals surface area contributed by atoms with Gasteiger partial charge in [-0.25, -0.2) is 0 Å². The van der Waals surface area contributed by atoms with Gasteiger partial charge in [0.2, 0.25) is 0 Å². The summed E-state index contributed by atoms with van der Waals surface area (Å²) >= 11 is 0. The van der Waals surface area contributed by atoms with Crippen LogP contribution in [-0.4, -0.2) is 43.3 Å². The molecular weight excluding hydrogens is 288 g/mol. The van der Waals surface area contributed by atoms with Crippen LogP contribution in [0.15, 0.2) is 0 Å². The number of nitrogens with one attached hydrogen (secondary N) is 1. The summed E-state index contributed by atoms with van der Waals surface area (Å²) in [5.41, 5.74) is 0. The third-order valence-electron chi connectivity index (χ3n) is 3.82. The first-order valence-corrected chi connectivity index (χ1v) is 6.09. The van der Waals surface area contributed by atoms with Gasteiger partial charge >= 0.3 is 6.18 Å². The van der Waals surface area contributed by atoms with E-state index in [9.17, 15) is 13.2 Å². The second-order valence-electron chi connectivity index (χ2n) is 4.83. The standard InChI is InChI=1S/C11H19F3N2.2ClH/c12-11(13,14)9-3-7-16(8-4-9)10-1-5-15-6-2-10;;/h9-10,15H,1-8H2;2*1H. The lowest BCUT2D eigenvalue weighted by molar-refractivity contribution is -0.186. The molecule has 7 heteroatoms. The highest BCUT2D eigenvalue weighted by Gasteiger charge is 2.41. The Morgan fingerprint density at radius 2 is 1.39 bits per heavy atom. The van der Waals surface area contributed by atoms with E-state index in [0.29, 0.717) is 19.1 Å². The van der Waals surface area contributed by atoms with Gasteiger partial charge in [-0.2, -0.15) is 13.2 Å². The van der Waals surface area contributed by atoms with Crippen LogP contribution < -0.4 is 5.32 Å². The Balaban J connectivity index is 0.00000144. The second-order valence-corrected chi connectivity index (χ2v) is 4.83. The molecule has 0 bridgehead atoms. The van der Waals surface area contributed by atoms with Gasteiger partial charge in [0.25, 0.3) is 0 Å². The maximum absolute atomic E-state index is 12.5. The summed E-state index contributed by atoms with van der Waals surface area (Å²) in [6.45, 7) is 3.25. The van der Waals surface area contributed by atoms with E-state index in [4.69, 9.17) is 0 Å². The summed E-state index contributed by atoms with van der Waals surface area (Å²) in [6, 6.07) is 0.510. The van der Waals surface area contributed by atoms with Crippen LogP contribution in [0.25, 0.3) is 0 Å². The molecule has 18 heavy (non-hydrogen) atoms. The Morgan fingerprint density at radius 3 is 1.83 bits per heavy atom. The van der Waals surface area contributed by atoms with Gasteiger partial charge in [-0.3, -0.25) is 0 Å². The van der Waals surface area contributed by atoms with E-state index in [1.54, 1.807) is 0 Å². The van der Waals surface area contributed by atoms with Gasteiger partial charge in [0.05, 0.1) is 5.92 Å². The lowest BCUT2D eigenvalue weighted by Gasteiger charge is -2.39. The van der Waals surface area contributed by atoms with E-state index in [2.05, 4.69) is 10.2 Å². The first-order valence-electron chi connectivity index (χ1n) is 6.09. The van der Waals surface area contributed by atoms with Gasteiger partial charge in [-0.15, -0.1) is 24.8 Å². The number of rotatable bonds is 1. The minimum absolute atomic E-state index is 0. The lowest BCUT2D eigenvalue weighted by Crippen LogP contribution is -2.48. The number of piperidine rings is 2. The summed E-state index contributed by atoms with van der Waals surface area (Å²) in [7, 11) is 0. The highest BCUT2D eigenvalue weighted by Crippen LogP contribution is 2.35. The summed E-state index contributed by atoms with van der Waals surface area (Å²) < 4.78 is 37.4. The highest BCUT2D eigenvalue weighted by molar-refractivity contribution is 5.85. The van der Waals surface area contributed by atoms with Gasteiger partial charge in [-0.05, 0) is 51.9 Å². The number of likely N-dealkylation sites (tertiary alicyclic amines) is 1. The fourth-order valence-corrected chi connectivity index (χ4v) is 2.76. The molecule has 2 nitrogen and oxygen atoms in total. The topological polar surface area (TPSA) is 15.3 Å². The first kappa shape index (κ1) is 18.3. The van der Waals surface area contributed by atoms with Crippen molar-refractivity contribution >= 4 is 24.8 Å². The molecule has 2 aliphatic heterocycles. The van der Waals surface area contributed by atoms with Crippen molar-refractivity contribution in [3.8, 4) is 0 Å². The van der Waals surface area contributed by atoms with Gasteiger partial charge in [-0.1, -0.05) is 0 Å². The van der Waals surface area contributed by atoms with Crippen molar-refractivity contribution < 1.29 is 13.2 Å². The molecule has 2 fully saturated rings. The molecule has 0 aromatic carbocycles. The predicted octanol–water partition coefficient (Wildman–Crippen LogP) is 2.86. The lowest BCUT2D eigenvalue weighted by atomic mass is 9.93. The van der Waals surface area contributed by atoms with Crippen LogP contribution in [-0.2, 0) is 0 Å². The number of alkyl halides is 3. The zero-order valence-electron chi connectivity index (χ0n) is 10.2. The van der Waals surface area contributed by atoms with Crippen LogP contribution in [0.2, 0.25) is 0 Å². The number of hydrogen-bond donors (Lipinski definition) is 1. The molecule has 0 atom stereocenters. The molecule has 0 unspecified atom stereocenters. The molecule has 2 saturated heterocycles. The molecule has 0 amide bonds. The molecule has 2 heterocycles. The fraction of sp³-hybridized carbons (Fsp3) is 1.00. The van der Waals surface area contributed by atoms with Crippen LogP contribution in [0.5, 0.6) is 0 Å². The van der Waals surface area contributed by atoms with E-state index >= 15 is 0 Å². The Morgan fingerprint density at radius 1 is 0.889 bits per heavy atom. The van der Waals surface area contributed by atoms with Crippen molar-refractivity contribution in [3.63, 3.8) is 0 Å². The smallest absolute Gasteiger partial charge is 0.317 e. The molecule has 0 aromatic heterocycles. The van der Waals surface area contributed by atoms with Crippen LogP contribution in [0.3, 0.4) is 0 Å². The minimum atomic E-state index is -3.99. The summed E-state index contributed by atoms with van der Waals surface area (Å²) in [5.74, 6) is -1.06. The molecule has 0 aromatic rings. The average molecular weight is 309 g/mol. The molecule has 2 aliphatic rings. The van der Waals surface area contributed by atoms with Crippen LogP contribution in [0, 0.1) is 5.92 Å². The summed E-state index contributed by atoms with van der Waals surface area (Å²) in [4.78, 5) is 2.25. The molecule has 0 radical (unpaired) electrons. The van der Waals surface area contributed by atoms with Crippen molar-refractivity contribution in [1.29, 1.82) is 0 Å². The highest BCUT2D eigenvalue weighted by atomic mass is 35.5. The Kier molecular flexibility index (Phi) is 7.90. The van der Waals surface area contributed by atoms with E-state index in [1.165, 1.54) is 0 Å². The number of halogens is 5. The SMILES string of the molecule is Cl.Cl.FC(F)(F)C1CCN(C2CCNCC2)CC1. The van der Waals surface area contributed by atoms with Gasteiger partial charge in [0, 0.05) is 6.04 Å². The Hall–Kier alpha value is 0.290. The van der Waals surface area contributed by atoms with Crippen molar-refractivity contribution in [2.24, 2.45) is 5.92 Å². The van der Waals surface area contributed by atoms with E-state index in [0.717, 1.165) is 25.9 Å². The molecule has 110 valence electrons. The minimum Gasteiger partial charge on any atom is -0.317 e. The molecule has 0 aliphatic carbocycles. The van der Waals surface area contributed by atoms with Crippen molar-refractivity contribution in [2.75, 3.05) is 26.2 Å². The van der Waals surface area contributed by atoms with E-state index in [-0.39, 0.29) is 37.7 Å². The predicted molar refractivity (Wildman–Crippen MR) is 70.7 cm³/mol. The maximum atomic E-state index is 12.5. The summed E-state index contributed by atoms with van der Waals surface area (Å²) in [5, 5.41) is 3.28. The monoisotopic (exact) mass is 308 g/mol. The third-order valence-corrected chi connectivity index (χ3v) is 3.82.